The van der Waals surface area contributed by atoms with Crippen molar-refractivity contribution in [2.24, 2.45) is 4.99 Å². The van der Waals surface area contributed by atoms with Gasteiger partial charge in [-0.25, -0.2) is 9.79 Å². The number of hydrogen-bond donors (Lipinski definition) is 0. The third-order valence-corrected chi connectivity index (χ3v) is 8.65. The maximum atomic E-state index is 14.1. The highest BCUT2D eigenvalue weighted by Crippen LogP contribution is 2.39. The predicted molar refractivity (Wildman–Crippen MR) is 163 cm³/mol. The molecular formula is C32H32N2O6S2. The lowest BCUT2D eigenvalue weighted by atomic mass is 9.93. The predicted octanol–water partition coefficient (Wildman–Crippen LogP) is 5.65. The van der Waals surface area contributed by atoms with Crippen molar-refractivity contribution < 1.29 is 23.4 Å². The SMILES string of the molecule is CCCC1=C(C(=O)OCC)[C@H](c2cc(OC)ccc2OC)n2c(s/c(=C\c3ccc(Sc4ccc(C)cc4)o3)c2=O)=N1. The molecule has 0 aliphatic carbocycles. The first-order valence-electron chi connectivity index (χ1n) is 13.6. The van der Waals surface area contributed by atoms with Crippen molar-refractivity contribution in [3.05, 3.63) is 102 Å². The average molecular weight is 605 g/mol. The molecule has 1 atom stereocenters. The number of methoxy groups -OCH3 is 2. The molecule has 0 unspecified atom stereocenters. The van der Waals surface area contributed by atoms with Crippen LogP contribution in [-0.2, 0) is 9.53 Å². The Hall–Kier alpha value is -4.02. The van der Waals surface area contributed by atoms with Gasteiger partial charge in [0.05, 0.1) is 36.6 Å². The number of rotatable bonds is 10. The van der Waals surface area contributed by atoms with E-state index in [4.69, 9.17) is 23.6 Å². The number of allylic oxidation sites excluding steroid dienone is 1. The van der Waals surface area contributed by atoms with Gasteiger partial charge in [0.15, 0.2) is 9.89 Å². The molecule has 10 heteroatoms. The van der Waals surface area contributed by atoms with Crippen LogP contribution in [0.25, 0.3) is 6.08 Å². The van der Waals surface area contributed by atoms with E-state index in [1.54, 1.807) is 50.0 Å². The van der Waals surface area contributed by atoms with E-state index in [9.17, 15) is 9.59 Å². The van der Waals surface area contributed by atoms with Crippen molar-refractivity contribution in [1.82, 2.24) is 4.57 Å². The summed E-state index contributed by atoms with van der Waals surface area (Å²) in [6, 6.07) is 16.4. The summed E-state index contributed by atoms with van der Waals surface area (Å²) in [5.41, 5.74) is 2.40. The van der Waals surface area contributed by atoms with Gasteiger partial charge in [-0.15, -0.1) is 0 Å². The lowest BCUT2D eigenvalue weighted by molar-refractivity contribution is -0.139. The smallest absolute Gasteiger partial charge is 0.338 e. The Morgan fingerprint density at radius 1 is 1.10 bits per heavy atom. The van der Waals surface area contributed by atoms with Gasteiger partial charge < -0.3 is 18.6 Å². The minimum atomic E-state index is -0.821. The number of thiazole rings is 1. The molecule has 2 aromatic heterocycles. The summed E-state index contributed by atoms with van der Waals surface area (Å²) in [5.74, 6) is 1.11. The molecule has 0 amide bonds. The van der Waals surface area contributed by atoms with Gasteiger partial charge in [-0.1, -0.05) is 54.1 Å². The summed E-state index contributed by atoms with van der Waals surface area (Å²) in [6.07, 6.45) is 3.02. The third-order valence-electron chi connectivity index (χ3n) is 6.74. The van der Waals surface area contributed by atoms with Gasteiger partial charge in [-0.3, -0.25) is 9.36 Å². The normalized spacial score (nSPS) is 14.9. The van der Waals surface area contributed by atoms with E-state index >= 15 is 0 Å². The van der Waals surface area contributed by atoms with Gasteiger partial charge in [0.1, 0.15) is 23.3 Å². The zero-order chi connectivity index (χ0) is 29.8. The van der Waals surface area contributed by atoms with Crippen LogP contribution in [0.3, 0.4) is 0 Å². The standard InChI is InChI=1S/C32H32N2O6S2/c1-6-8-24-28(31(36)39-7-2)29(23-17-20(37-4)11-15-25(23)38-5)34-30(35)26(42-32(34)33-24)18-21-12-16-27(40-21)41-22-13-9-19(3)10-14-22/h9-18,29H,6-8H2,1-5H3/b26-18-/t29-/m0/s1. The second-order valence-corrected chi connectivity index (χ2v) is 11.7. The largest absolute Gasteiger partial charge is 0.497 e. The van der Waals surface area contributed by atoms with E-state index < -0.39 is 12.0 Å². The quantitative estimate of drug-likeness (QED) is 0.216. The highest BCUT2D eigenvalue weighted by atomic mass is 32.2. The molecule has 5 rings (SSSR count). The molecule has 3 heterocycles. The molecule has 218 valence electrons. The fourth-order valence-electron chi connectivity index (χ4n) is 4.79. The fourth-order valence-corrected chi connectivity index (χ4v) is 6.57. The van der Waals surface area contributed by atoms with Crippen molar-refractivity contribution in [2.75, 3.05) is 20.8 Å². The Balaban J connectivity index is 1.66. The minimum absolute atomic E-state index is 0.190. The molecule has 4 aromatic rings. The van der Waals surface area contributed by atoms with Gasteiger partial charge in [0, 0.05) is 16.5 Å². The number of nitrogens with zero attached hydrogens (tertiary/aromatic N) is 2. The first-order chi connectivity index (χ1) is 20.4. The van der Waals surface area contributed by atoms with Crippen molar-refractivity contribution in [2.45, 2.75) is 49.6 Å². The van der Waals surface area contributed by atoms with Crippen molar-refractivity contribution >= 4 is 35.1 Å². The van der Waals surface area contributed by atoms with Gasteiger partial charge in [0.2, 0.25) is 0 Å². The molecule has 0 radical (unpaired) electrons. The van der Waals surface area contributed by atoms with Gasteiger partial charge in [0.25, 0.3) is 5.56 Å². The maximum Gasteiger partial charge on any atom is 0.338 e. The van der Waals surface area contributed by atoms with Gasteiger partial charge >= 0.3 is 5.97 Å². The minimum Gasteiger partial charge on any atom is -0.497 e. The highest BCUT2D eigenvalue weighted by molar-refractivity contribution is 7.99. The van der Waals surface area contributed by atoms with Crippen LogP contribution in [0.15, 0.2) is 90.1 Å². The number of carbonyl (C=O) groups is 1. The zero-order valence-corrected chi connectivity index (χ0v) is 25.8. The molecule has 0 N–H and O–H groups in total. The number of fused-ring (bicyclic) bond motifs is 1. The number of ether oxygens (including phenoxy) is 3. The summed E-state index contributed by atoms with van der Waals surface area (Å²) in [5, 5.41) is 0.715. The van der Waals surface area contributed by atoms with Crippen molar-refractivity contribution in [1.29, 1.82) is 0 Å². The number of carbonyl (C=O) groups excluding carboxylic acids is 1. The van der Waals surface area contributed by atoms with E-state index in [0.717, 1.165) is 11.3 Å². The Kier molecular flexibility index (Phi) is 9.03. The van der Waals surface area contributed by atoms with Crippen molar-refractivity contribution in [3.63, 3.8) is 0 Å². The molecule has 42 heavy (non-hydrogen) atoms. The molecule has 0 bridgehead atoms. The van der Waals surface area contributed by atoms with Crippen LogP contribution in [0.4, 0.5) is 0 Å². The molecule has 1 aliphatic rings. The topological polar surface area (TPSA) is 92.3 Å². The van der Waals surface area contributed by atoms with Crippen LogP contribution in [0, 0.1) is 6.92 Å². The lowest BCUT2D eigenvalue weighted by Gasteiger charge is -2.27. The molecule has 0 saturated carbocycles. The first-order valence-corrected chi connectivity index (χ1v) is 15.3. The number of aromatic nitrogens is 1. The number of hydrogen-bond acceptors (Lipinski definition) is 9. The average Bonchev–Trinajstić information content (AvgIpc) is 3.56. The van der Waals surface area contributed by atoms with Gasteiger partial charge in [-0.05, 0) is 62.7 Å². The van der Waals surface area contributed by atoms with Crippen molar-refractivity contribution in [3.8, 4) is 11.5 Å². The summed E-state index contributed by atoms with van der Waals surface area (Å²) in [6.45, 7) is 6.01. The summed E-state index contributed by atoms with van der Waals surface area (Å²) in [7, 11) is 3.12. The molecule has 1 aliphatic heterocycles. The van der Waals surface area contributed by atoms with Crippen LogP contribution in [0.2, 0.25) is 0 Å². The van der Waals surface area contributed by atoms with E-state index in [1.165, 1.54) is 28.7 Å². The van der Waals surface area contributed by atoms with Gasteiger partial charge in [-0.2, -0.15) is 0 Å². The Morgan fingerprint density at radius 2 is 1.88 bits per heavy atom. The lowest BCUT2D eigenvalue weighted by Crippen LogP contribution is -2.40. The number of esters is 1. The molecule has 0 saturated heterocycles. The van der Waals surface area contributed by atoms with E-state index in [0.29, 0.717) is 54.9 Å². The molecule has 2 aromatic carbocycles. The molecule has 0 fully saturated rings. The Morgan fingerprint density at radius 3 is 2.57 bits per heavy atom. The Bertz CT molecular complexity index is 1810. The molecule has 8 nitrogen and oxygen atoms in total. The summed E-state index contributed by atoms with van der Waals surface area (Å²) in [4.78, 5) is 33.9. The highest BCUT2D eigenvalue weighted by Gasteiger charge is 2.36. The summed E-state index contributed by atoms with van der Waals surface area (Å²) < 4.78 is 24.7. The van der Waals surface area contributed by atoms with E-state index in [-0.39, 0.29) is 12.2 Å². The number of aryl methyl sites for hydroxylation is 1. The molecule has 0 spiro atoms. The van der Waals surface area contributed by atoms with E-state index in [2.05, 4.69) is 12.1 Å². The first kappa shape index (κ1) is 29.5. The second kappa shape index (κ2) is 12.9. The second-order valence-electron chi connectivity index (χ2n) is 9.59. The van der Waals surface area contributed by atoms with Crippen LogP contribution < -0.4 is 24.4 Å². The maximum absolute atomic E-state index is 14.1. The monoisotopic (exact) mass is 604 g/mol. The zero-order valence-electron chi connectivity index (χ0n) is 24.1. The fraction of sp³-hybridized carbons (Fsp3) is 0.281. The summed E-state index contributed by atoms with van der Waals surface area (Å²) >= 11 is 2.76. The third kappa shape index (κ3) is 5.96. The van der Waals surface area contributed by atoms with Crippen LogP contribution >= 0.6 is 23.1 Å². The number of furan rings is 1. The Labute approximate surface area is 252 Å². The van der Waals surface area contributed by atoms with E-state index in [1.807, 2.05) is 38.1 Å². The molecular weight excluding hydrogens is 572 g/mol. The van der Waals surface area contributed by atoms with Crippen LogP contribution in [0.5, 0.6) is 11.5 Å². The van der Waals surface area contributed by atoms with Crippen LogP contribution in [0.1, 0.15) is 49.6 Å². The van der Waals surface area contributed by atoms with Crippen LogP contribution in [-0.4, -0.2) is 31.4 Å². The number of benzene rings is 2.